The molecule has 18 heavy (non-hydrogen) atoms. The van der Waals surface area contributed by atoms with Crippen LogP contribution in [0.4, 0.5) is 0 Å². The van der Waals surface area contributed by atoms with Crippen LogP contribution >= 0.6 is 0 Å². The smallest absolute Gasteiger partial charge is 0.177 e. The monoisotopic (exact) mass is 236 g/mol. The zero-order valence-electron chi connectivity index (χ0n) is 10.2. The molecule has 3 aromatic rings. The highest BCUT2D eigenvalue weighted by Gasteiger charge is 1.98. The summed E-state index contributed by atoms with van der Waals surface area (Å²) in [6.07, 6.45) is 7.88. The fraction of sp³-hybridized carbons (Fsp3) is 0.0667. The van der Waals surface area contributed by atoms with Gasteiger partial charge in [0.1, 0.15) is 7.05 Å². The lowest BCUT2D eigenvalue weighted by molar-refractivity contribution is -0.671. The van der Waals surface area contributed by atoms with E-state index in [-0.39, 0.29) is 0 Å². The van der Waals surface area contributed by atoms with E-state index in [1.54, 1.807) is 0 Å². The Morgan fingerprint density at radius 2 is 2.00 bits per heavy atom. The van der Waals surface area contributed by atoms with Crippen molar-refractivity contribution < 1.29 is 4.57 Å². The van der Waals surface area contributed by atoms with Gasteiger partial charge in [-0.15, -0.1) is 0 Å². The lowest BCUT2D eigenvalue weighted by atomic mass is 10.3. The van der Waals surface area contributed by atoms with Gasteiger partial charge in [0.2, 0.25) is 0 Å². The third-order valence-electron chi connectivity index (χ3n) is 2.87. The van der Waals surface area contributed by atoms with E-state index in [1.165, 1.54) is 5.39 Å². The summed E-state index contributed by atoms with van der Waals surface area (Å²) in [7, 11) is 2.00. The molecular weight excluding hydrogens is 222 g/mol. The molecule has 0 atom stereocenters. The molecule has 2 aromatic heterocycles. The molecule has 1 aromatic carbocycles. The molecule has 88 valence electrons. The van der Waals surface area contributed by atoms with Crippen LogP contribution in [0.1, 0.15) is 5.56 Å². The zero-order chi connectivity index (χ0) is 12.4. The summed E-state index contributed by atoms with van der Waals surface area (Å²) in [4.78, 5) is 0. The van der Waals surface area contributed by atoms with Crippen LogP contribution in [0.5, 0.6) is 0 Å². The molecule has 0 fully saturated rings. The maximum Gasteiger partial charge on any atom is 0.177 e. The number of hydrogen-bond acceptors (Lipinski definition) is 1. The number of para-hydroxylation sites is 1. The second kappa shape index (κ2) is 4.45. The van der Waals surface area contributed by atoms with Gasteiger partial charge in [0, 0.05) is 17.6 Å². The zero-order valence-corrected chi connectivity index (χ0v) is 10.2. The number of benzene rings is 1. The summed E-state index contributed by atoms with van der Waals surface area (Å²) < 4.78 is 3.90. The van der Waals surface area contributed by atoms with Crippen LogP contribution in [-0.4, -0.2) is 10.9 Å². The molecule has 0 aliphatic carbocycles. The molecule has 3 nitrogen and oxygen atoms in total. The van der Waals surface area contributed by atoms with Gasteiger partial charge in [0.05, 0.1) is 17.3 Å². The van der Waals surface area contributed by atoms with E-state index in [0.717, 1.165) is 11.1 Å². The van der Waals surface area contributed by atoms with E-state index in [9.17, 15) is 0 Å². The van der Waals surface area contributed by atoms with E-state index in [2.05, 4.69) is 23.3 Å². The number of fused-ring (bicyclic) bond motifs is 1. The van der Waals surface area contributed by atoms with E-state index < -0.39 is 0 Å². The Hall–Kier alpha value is -2.42. The second-order valence-electron chi connectivity index (χ2n) is 4.27. The van der Waals surface area contributed by atoms with Crippen LogP contribution in [-0.2, 0) is 7.05 Å². The van der Waals surface area contributed by atoms with Crippen LogP contribution < -0.4 is 4.57 Å². The molecule has 0 aliphatic heterocycles. The molecule has 0 bridgehead atoms. The van der Waals surface area contributed by atoms with Gasteiger partial charge in [-0.05, 0) is 18.2 Å². The molecule has 0 amide bonds. The molecule has 3 rings (SSSR count). The topological polar surface area (TPSA) is 21.2 Å². The number of hydrogen-bond donors (Lipinski definition) is 0. The van der Waals surface area contributed by atoms with Crippen LogP contribution in [0.25, 0.3) is 10.9 Å². The fourth-order valence-electron chi connectivity index (χ4n) is 1.99. The Bertz CT molecular complexity index is 710. The lowest BCUT2D eigenvalue weighted by Crippen LogP contribution is -2.26. The van der Waals surface area contributed by atoms with Gasteiger partial charge in [-0.2, -0.15) is 5.10 Å². The number of aryl methyl sites for hydroxylation is 1. The highest BCUT2D eigenvalue weighted by molar-refractivity contribution is 5.82. The van der Waals surface area contributed by atoms with Gasteiger partial charge in [-0.3, -0.25) is 0 Å². The summed E-state index contributed by atoms with van der Waals surface area (Å²) in [5, 5.41) is 5.69. The number of nitrogens with zero attached hydrogens (tertiary/aromatic N) is 3. The first-order chi connectivity index (χ1) is 8.83. The summed E-state index contributed by atoms with van der Waals surface area (Å²) in [6, 6.07) is 14.3. The third kappa shape index (κ3) is 2.02. The molecule has 0 saturated carbocycles. The molecule has 0 N–H and O–H groups in total. The van der Waals surface area contributed by atoms with E-state index in [4.69, 9.17) is 0 Å². The van der Waals surface area contributed by atoms with Crippen molar-refractivity contribution in [1.82, 2.24) is 4.68 Å². The molecular formula is C15H14N3+. The van der Waals surface area contributed by atoms with Crippen molar-refractivity contribution in [1.29, 1.82) is 0 Å². The number of aromatic nitrogens is 2. The van der Waals surface area contributed by atoms with Gasteiger partial charge in [0.15, 0.2) is 12.4 Å². The number of rotatable bonds is 2. The normalized spacial score (nSPS) is 11.4. The maximum absolute atomic E-state index is 4.48. The van der Waals surface area contributed by atoms with E-state index >= 15 is 0 Å². The summed E-state index contributed by atoms with van der Waals surface area (Å²) in [5.74, 6) is 0. The van der Waals surface area contributed by atoms with E-state index in [0.29, 0.717) is 0 Å². The molecule has 0 aliphatic rings. The molecule has 0 spiro atoms. The minimum Gasteiger partial charge on any atom is -0.240 e. The summed E-state index contributed by atoms with van der Waals surface area (Å²) in [6.45, 7) is 0. The highest BCUT2D eigenvalue weighted by atomic mass is 15.3. The Labute approximate surface area is 106 Å². The van der Waals surface area contributed by atoms with Gasteiger partial charge in [-0.1, -0.05) is 18.2 Å². The van der Waals surface area contributed by atoms with Crippen molar-refractivity contribution >= 4 is 17.1 Å². The van der Waals surface area contributed by atoms with Crippen LogP contribution in [0.3, 0.4) is 0 Å². The van der Waals surface area contributed by atoms with Gasteiger partial charge in [0.25, 0.3) is 0 Å². The van der Waals surface area contributed by atoms with Crippen molar-refractivity contribution in [2.75, 3.05) is 0 Å². The Balaban J connectivity index is 1.97. The van der Waals surface area contributed by atoms with Crippen molar-refractivity contribution in [2.24, 2.45) is 12.1 Å². The average molecular weight is 236 g/mol. The van der Waals surface area contributed by atoms with Crippen molar-refractivity contribution in [3.8, 4) is 0 Å². The first-order valence-electron chi connectivity index (χ1n) is 5.89. The molecule has 0 saturated heterocycles. The standard InChI is InChI=1S/C15H14N3/c1-17-9-4-5-13(12-17)11-16-18-10-8-14-6-2-3-7-15(14)18/h2-12H,1H3/q+1/b16-11+. The van der Waals surface area contributed by atoms with Crippen LogP contribution in [0, 0.1) is 0 Å². The van der Waals surface area contributed by atoms with Crippen molar-refractivity contribution in [2.45, 2.75) is 0 Å². The lowest BCUT2D eigenvalue weighted by Gasteiger charge is -1.96. The Kier molecular flexibility index (Phi) is 2.65. The highest BCUT2D eigenvalue weighted by Crippen LogP contribution is 2.14. The maximum atomic E-state index is 4.48. The molecule has 0 unspecified atom stereocenters. The van der Waals surface area contributed by atoms with Crippen LogP contribution in [0.2, 0.25) is 0 Å². The summed E-state index contributed by atoms with van der Waals surface area (Å²) in [5.41, 5.74) is 2.20. The Morgan fingerprint density at radius 3 is 2.89 bits per heavy atom. The van der Waals surface area contributed by atoms with Gasteiger partial charge >= 0.3 is 0 Å². The molecule has 3 heteroatoms. The Morgan fingerprint density at radius 1 is 1.11 bits per heavy atom. The second-order valence-corrected chi connectivity index (χ2v) is 4.27. The minimum absolute atomic E-state index is 1.08. The number of pyridine rings is 1. The first kappa shape index (κ1) is 10.7. The molecule has 2 heterocycles. The van der Waals surface area contributed by atoms with E-state index in [1.807, 2.05) is 65.4 Å². The average Bonchev–Trinajstić information content (AvgIpc) is 2.80. The predicted molar refractivity (Wildman–Crippen MR) is 72.5 cm³/mol. The first-order valence-corrected chi connectivity index (χ1v) is 5.89. The SMILES string of the molecule is C[n+]1cccc(/C=N/n2ccc3ccccc32)c1. The summed E-state index contributed by atoms with van der Waals surface area (Å²) >= 11 is 0. The van der Waals surface area contributed by atoms with Gasteiger partial charge in [-0.25, -0.2) is 9.24 Å². The quantitative estimate of drug-likeness (QED) is 0.481. The predicted octanol–water partition coefficient (Wildman–Crippen LogP) is 2.35. The van der Waals surface area contributed by atoms with Crippen LogP contribution in [0.15, 0.2) is 66.2 Å². The van der Waals surface area contributed by atoms with Gasteiger partial charge < -0.3 is 0 Å². The van der Waals surface area contributed by atoms with Crippen molar-refractivity contribution in [3.63, 3.8) is 0 Å². The fourth-order valence-corrected chi connectivity index (χ4v) is 1.99. The minimum atomic E-state index is 1.08. The third-order valence-corrected chi connectivity index (χ3v) is 2.87. The largest absolute Gasteiger partial charge is 0.240 e. The molecule has 0 radical (unpaired) electrons. The van der Waals surface area contributed by atoms with Crippen molar-refractivity contribution in [3.05, 3.63) is 66.6 Å².